The van der Waals surface area contributed by atoms with Crippen LogP contribution in [0.25, 0.3) is 0 Å². The molecule has 1 unspecified atom stereocenters. The summed E-state index contributed by atoms with van der Waals surface area (Å²) in [5.74, 6) is -1.86. The average Bonchev–Trinajstić information content (AvgIpc) is 2.30. The molecule has 1 heterocycles. The minimum absolute atomic E-state index is 0.0220. The van der Waals surface area contributed by atoms with E-state index in [1.165, 1.54) is 12.3 Å². The zero-order chi connectivity index (χ0) is 12.8. The Morgan fingerprint density at radius 2 is 2.35 bits per heavy atom. The van der Waals surface area contributed by atoms with E-state index in [1.807, 2.05) is 6.07 Å². The minimum Gasteiger partial charge on any atom is -0.465 e. The van der Waals surface area contributed by atoms with Crippen LogP contribution in [0.5, 0.6) is 0 Å². The highest BCUT2D eigenvalue weighted by atomic mass is 35.5. The van der Waals surface area contributed by atoms with Crippen LogP contribution in [0.1, 0.15) is 24.0 Å². The quantitative estimate of drug-likeness (QED) is 0.602. The van der Waals surface area contributed by atoms with E-state index in [-0.39, 0.29) is 22.9 Å². The van der Waals surface area contributed by atoms with Crippen LogP contribution < -0.4 is 0 Å². The highest BCUT2D eigenvalue weighted by molar-refractivity contribution is 6.30. The lowest BCUT2D eigenvalue weighted by Crippen LogP contribution is -2.15. The zero-order valence-electron chi connectivity index (χ0n) is 8.98. The van der Waals surface area contributed by atoms with Crippen LogP contribution in [0.4, 0.5) is 0 Å². The van der Waals surface area contributed by atoms with Gasteiger partial charge in [0.1, 0.15) is 11.2 Å². The monoisotopic (exact) mass is 249 g/mol. The molecule has 0 saturated heterocycles. The van der Waals surface area contributed by atoms with Crippen LogP contribution in [0.15, 0.2) is 12.3 Å². The van der Waals surface area contributed by atoms with Gasteiger partial charge in [-0.05, 0) is 13.0 Å². The molecule has 1 aromatic rings. The molecule has 0 radical (unpaired) electrons. The van der Waals surface area contributed by atoms with Gasteiger partial charge in [-0.15, -0.1) is 0 Å². The van der Waals surface area contributed by atoms with E-state index in [0.29, 0.717) is 0 Å². The summed E-state index contributed by atoms with van der Waals surface area (Å²) in [6, 6.07) is 5.03. The molecule has 5 nitrogen and oxygen atoms in total. The molecular weight excluding hydrogens is 242 g/mol. The SMILES string of the molecule is CCOC(=O)C(C#N)c1ccnc(Cl)c1C#N. The van der Waals surface area contributed by atoms with Crippen LogP contribution in [-0.2, 0) is 9.53 Å². The van der Waals surface area contributed by atoms with E-state index in [4.69, 9.17) is 26.9 Å². The Kier molecular flexibility index (Phi) is 4.45. The van der Waals surface area contributed by atoms with Gasteiger partial charge in [0.05, 0.1) is 18.2 Å². The summed E-state index contributed by atoms with van der Waals surface area (Å²) in [4.78, 5) is 15.3. The van der Waals surface area contributed by atoms with Crippen molar-refractivity contribution in [2.75, 3.05) is 6.61 Å². The van der Waals surface area contributed by atoms with Gasteiger partial charge in [0.25, 0.3) is 0 Å². The van der Waals surface area contributed by atoms with Crippen molar-refractivity contribution in [3.63, 3.8) is 0 Å². The van der Waals surface area contributed by atoms with Crippen LogP contribution in [0.2, 0.25) is 5.15 Å². The Labute approximate surface area is 103 Å². The fourth-order valence-corrected chi connectivity index (χ4v) is 1.48. The summed E-state index contributed by atoms with van der Waals surface area (Å²) in [5, 5.41) is 17.9. The Bertz CT molecular complexity index is 516. The van der Waals surface area contributed by atoms with Gasteiger partial charge in [0, 0.05) is 11.8 Å². The zero-order valence-corrected chi connectivity index (χ0v) is 9.73. The molecule has 0 bridgehead atoms. The van der Waals surface area contributed by atoms with Crippen molar-refractivity contribution in [3.8, 4) is 12.1 Å². The maximum absolute atomic E-state index is 11.5. The Morgan fingerprint density at radius 3 is 2.88 bits per heavy atom. The van der Waals surface area contributed by atoms with Crippen LogP contribution in [0, 0.1) is 22.7 Å². The maximum atomic E-state index is 11.5. The van der Waals surface area contributed by atoms with Gasteiger partial charge in [-0.2, -0.15) is 10.5 Å². The van der Waals surface area contributed by atoms with Crippen LogP contribution in [0.3, 0.4) is 0 Å². The number of hydrogen-bond donors (Lipinski definition) is 0. The predicted octanol–water partition coefficient (Wildman–Crippen LogP) is 1.78. The molecule has 0 amide bonds. The van der Waals surface area contributed by atoms with Crippen molar-refractivity contribution in [1.29, 1.82) is 10.5 Å². The number of pyridine rings is 1. The van der Waals surface area contributed by atoms with Crippen molar-refractivity contribution >= 4 is 17.6 Å². The molecule has 86 valence electrons. The molecule has 1 rings (SSSR count). The smallest absolute Gasteiger partial charge is 0.327 e. The Morgan fingerprint density at radius 1 is 1.65 bits per heavy atom. The Balaban J connectivity index is 3.23. The molecule has 6 heteroatoms. The maximum Gasteiger partial charge on any atom is 0.327 e. The first-order valence-electron chi connectivity index (χ1n) is 4.76. The Hall–Kier alpha value is -2.11. The van der Waals surface area contributed by atoms with Gasteiger partial charge >= 0.3 is 5.97 Å². The lowest BCUT2D eigenvalue weighted by molar-refractivity contribution is -0.143. The second-order valence-corrected chi connectivity index (χ2v) is 3.35. The van der Waals surface area contributed by atoms with E-state index in [1.54, 1.807) is 13.0 Å². The van der Waals surface area contributed by atoms with Gasteiger partial charge in [-0.25, -0.2) is 4.98 Å². The van der Waals surface area contributed by atoms with Crippen molar-refractivity contribution in [3.05, 3.63) is 28.5 Å². The number of rotatable bonds is 3. The number of halogens is 1. The summed E-state index contributed by atoms with van der Waals surface area (Å²) in [7, 11) is 0. The van der Waals surface area contributed by atoms with Gasteiger partial charge in [0.15, 0.2) is 5.92 Å². The molecule has 0 aliphatic carbocycles. The molecule has 0 fully saturated rings. The summed E-state index contributed by atoms with van der Waals surface area (Å²) in [6.07, 6.45) is 1.34. The van der Waals surface area contributed by atoms with E-state index in [9.17, 15) is 4.79 Å². The van der Waals surface area contributed by atoms with Gasteiger partial charge in [0.2, 0.25) is 0 Å². The lowest BCUT2D eigenvalue weighted by Gasteiger charge is -2.10. The van der Waals surface area contributed by atoms with E-state index in [0.717, 1.165) is 0 Å². The van der Waals surface area contributed by atoms with Crippen molar-refractivity contribution in [1.82, 2.24) is 4.98 Å². The topological polar surface area (TPSA) is 86.8 Å². The normalized spacial score (nSPS) is 11.1. The molecule has 0 N–H and O–H groups in total. The first-order valence-corrected chi connectivity index (χ1v) is 5.14. The average molecular weight is 250 g/mol. The third-order valence-corrected chi connectivity index (χ3v) is 2.30. The number of carbonyl (C=O) groups is 1. The largest absolute Gasteiger partial charge is 0.465 e. The first kappa shape index (κ1) is 13.0. The molecule has 0 spiro atoms. The van der Waals surface area contributed by atoms with E-state index in [2.05, 4.69) is 4.98 Å². The molecule has 17 heavy (non-hydrogen) atoms. The third kappa shape index (κ3) is 2.72. The van der Waals surface area contributed by atoms with E-state index >= 15 is 0 Å². The number of ether oxygens (including phenoxy) is 1. The van der Waals surface area contributed by atoms with E-state index < -0.39 is 11.9 Å². The third-order valence-electron chi connectivity index (χ3n) is 2.01. The molecule has 0 aliphatic heterocycles. The van der Waals surface area contributed by atoms with Crippen molar-refractivity contribution in [2.24, 2.45) is 0 Å². The second-order valence-electron chi connectivity index (χ2n) is 2.99. The van der Waals surface area contributed by atoms with Crippen molar-refractivity contribution < 1.29 is 9.53 Å². The highest BCUT2D eigenvalue weighted by Crippen LogP contribution is 2.24. The minimum atomic E-state index is -1.16. The van der Waals surface area contributed by atoms with Crippen LogP contribution >= 0.6 is 11.6 Å². The van der Waals surface area contributed by atoms with Gasteiger partial charge < -0.3 is 4.74 Å². The molecule has 0 aliphatic rings. The molecule has 1 atom stereocenters. The standard InChI is InChI=1S/C11H8ClN3O2/c1-2-17-11(16)9(6-14)7-3-4-15-10(12)8(7)5-13/h3-4,9H,2H2,1H3. The number of hydrogen-bond acceptors (Lipinski definition) is 5. The fraction of sp³-hybridized carbons (Fsp3) is 0.273. The second kappa shape index (κ2) is 5.83. The van der Waals surface area contributed by atoms with Gasteiger partial charge in [-0.3, -0.25) is 4.79 Å². The molecule has 0 saturated carbocycles. The van der Waals surface area contributed by atoms with Crippen molar-refractivity contribution in [2.45, 2.75) is 12.8 Å². The molecular formula is C11H8ClN3O2. The summed E-state index contributed by atoms with van der Waals surface area (Å²) in [6.45, 7) is 1.80. The number of carbonyl (C=O) groups excluding carboxylic acids is 1. The molecule has 0 aromatic carbocycles. The summed E-state index contributed by atoms with van der Waals surface area (Å²) < 4.78 is 4.75. The number of aromatic nitrogens is 1. The summed E-state index contributed by atoms with van der Waals surface area (Å²) >= 11 is 5.72. The number of nitrogens with zero attached hydrogens (tertiary/aromatic N) is 3. The van der Waals surface area contributed by atoms with Crippen LogP contribution in [-0.4, -0.2) is 17.6 Å². The predicted molar refractivity (Wildman–Crippen MR) is 58.9 cm³/mol. The number of nitriles is 2. The highest BCUT2D eigenvalue weighted by Gasteiger charge is 2.25. The molecule has 1 aromatic heterocycles. The summed E-state index contributed by atoms with van der Waals surface area (Å²) in [5.41, 5.74) is 0.238. The lowest BCUT2D eigenvalue weighted by atomic mass is 9.98. The van der Waals surface area contributed by atoms with Gasteiger partial charge in [-0.1, -0.05) is 11.6 Å². The first-order chi connectivity index (χ1) is 8.15. The fourth-order valence-electron chi connectivity index (χ4n) is 1.28. The number of esters is 1.